The van der Waals surface area contributed by atoms with E-state index in [4.69, 9.17) is 4.74 Å². The predicted octanol–water partition coefficient (Wildman–Crippen LogP) is 4.45. The number of piperidine rings is 1. The van der Waals surface area contributed by atoms with Gasteiger partial charge in [0, 0.05) is 30.9 Å². The molecule has 26 heavy (non-hydrogen) atoms. The first-order valence-electron chi connectivity index (χ1n) is 9.64. The summed E-state index contributed by atoms with van der Waals surface area (Å²) in [4.78, 5) is 30.2. The molecule has 3 heterocycles. The summed E-state index contributed by atoms with van der Waals surface area (Å²) in [5, 5.41) is 2.09. The van der Waals surface area contributed by atoms with Crippen molar-refractivity contribution in [3.63, 3.8) is 0 Å². The van der Waals surface area contributed by atoms with Gasteiger partial charge in [0.25, 0.3) is 0 Å². The molecule has 2 aliphatic heterocycles. The van der Waals surface area contributed by atoms with E-state index in [-0.39, 0.29) is 18.0 Å². The molecule has 1 unspecified atom stereocenters. The number of hydrogen-bond donors (Lipinski definition) is 0. The van der Waals surface area contributed by atoms with Crippen molar-refractivity contribution in [1.82, 2.24) is 9.80 Å². The summed E-state index contributed by atoms with van der Waals surface area (Å²) < 4.78 is 5.44. The van der Waals surface area contributed by atoms with Crippen LogP contribution >= 0.6 is 11.3 Å². The number of carbonyl (C=O) groups excluding carboxylic acids is 2. The third-order valence-electron chi connectivity index (χ3n) is 5.17. The Kier molecular flexibility index (Phi) is 5.90. The van der Waals surface area contributed by atoms with Gasteiger partial charge in [-0.3, -0.25) is 4.79 Å². The molecule has 2 fully saturated rings. The normalized spacial score (nSPS) is 21.9. The van der Waals surface area contributed by atoms with Crippen LogP contribution in [0.5, 0.6) is 0 Å². The van der Waals surface area contributed by atoms with E-state index in [1.807, 2.05) is 20.8 Å². The maximum Gasteiger partial charge on any atom is 0.410 e. The second-order valence-corrected chi connectivity index (χ2v) is 9.35. The van der Waals surface area contributed by atoms with E-state index in [1.54, 1.807) is 16.2 Å². The molecule has 1 aromatic rings. The largest absolute Gasteiger partial charge is 0.444 e. The Balaban J connectivity index is 1.48. The molecule has 2 saturated heterocycles. The Morgan fingerprint density at radius 2 is 1.92 bits per heavy atom. The van der Waals surface area contributed by atoms with Gasteiger partial charge in [0.2, 0.25) is 5.91 Å². The zero-order valence-electron chi connectivity index (χ0n) is 16.1. The zero-order valence-corrected chi connectivity index (χ0v) is 16.9. The number of nitrogens with zero attached hydrogens (tertiary/aromatic N) is 2. The summed E-state index contributed by atoms with van der Waals surface area (Å²) in [6.45, 7) is 7.89. The first-order chi connectivity index (χ1) is 12.3. The van der Waals surface area contributed by atoms with Gasteiger partial charge in [-0.2, -0.15) is 0 Å². The maximum absolute atomic E-state index is 12.8. The fourth-order valence-corrected chi connectivity index (χ4v) is 4.73. The van der Waals surface area contributed by atoms with Crippen LogP contribution in [0.25, 0.3) is 0 Å². The number of hydrogen-bond acceptors (Lipinski definition) is 4. The van der Waals surface area contributed by atoms with E-state index in [1.165, 1.54) is 4.88 Å². The van der Waals surface area contributed by atoms with Gasteiger partial charge >= 0.3 is 6.09 Å². The van der Waals surface area contributed by atoms with Crippen molar-refractivity contribution in [2.75, 3.05) is 19.6 Å². The van der Waals surface area contributed by atoms with Crippen molar-refractivity contribution < 1.29 is 14.3 Å². The molecule has 2 aliphatic rings. The van der Waals surface area contributed by atoms with Crippen LogP contribution in [0.3, 0.4) is 0 Å². The molecule has 0 radical (unpaired) electrons. The minimum atomic E-state index is -0.462. The molecule has 1 aromatic heterocycles. The summed E-state index contributed by atoms with van der Waals surface area (Å²) in [5.41, 5.74) is -0.462. The minimum Gasteiger partial charge on any atom is -0.444 e. The summed E-state index contributed by atoms with van der Waals surface area (Å²) in [7, 11) is 0. The van der Waals surface area contributed by atoms with Gasteiger partial charge < -0.3 is 14.5 Å². The smallest absolute Gasteiger partial charge is 0.410 e. The topological polar surface area (TPSA) is 49.9 Å². The van der Waals surface area contributed by atoms with E-state index in [0.717, 1.165) is 32.2 Å². The number of likely N-dealkylation sites (tertiary alicyclic amines) is 2. The molecule has 0 N–H and O–H groups in total. The number of carbonyl (C=O) groups is 2. The predicted molar refractivity (Wildman–Crippen MR) is 103 cm³/mol. The second-order valence-electron chi connectivity index (χ2n) is 8.38. The Morgan fingerprint density at radius 1 is 1.19 bits per heavy atom. The second kappa shape index (κ2) is 7.99. The van der Waals surface area contributed by atoms with Crippen LogP contribution in [0.1, 0.15) is 63.8 Å². The summed E-state index contributed by atoms with van der Waals surface area (Å²) in [6.07, 6.45) is 4.28. The fourth-order valence-electron chi connectivity index (χ4n) is 3.85. The quantitative estimate of drug-likeness (QED) is 0.781. The zero-order chi connectivity index (χ0) is 18.7. The number of rotatable bonds is 3. The maximum atomic E-state index is 12.8. The highest BCUT2D eigenvalue weighted by Crippen LogP contribution is 2.35. The van der Waals surface area contributed by atoms with Crippen LogP contribution in [-0.4, -0.2) is 47.0 Å². The summed E-state index contributed by atoms with van der Waals surface area (Å²) in [6, 6.07) is 4.47. The third kappa shape index (κ3) is 4.78. The van der Waals surface area contributed by atoms with E-state index in [9.17, 15) is 9.59 Å². The molecule has 6 heteroatoms. The van der Waals surface area contributed by atoms with Crippen molar-refractivity contribution in [1.29, 1.82) is 0 Å². The average Bonchev–Trinajstić information content (AvgIpc) is 3.25. The van der Waals surface area contributed by atoms with E-state index in [2.05, 4.69) is 22.4 Å². The highest BCUT2D eigenvalue weighted by atomic mass is 32.1. The lowest BCUT2D eigenvalue weighted by Gasteiger charge is -2.34. The molecule has 0 saturated carbocycles. The molecule has 1 atom stereocenters. The van der Waals surface area contributed by atoms with Crippen LogP contribution < -0.4 is 0 Å². The molecule has 0 bridgehead atoms. The molecule has 144 valence electrons. The van der Waals surface area contributed by atoms with Crippen molar-refractivity contribution in [3.8, 4) is 0 Å². The molecule has 5 nitrogen and oxygen atoms in total. The van der Waals surface area contributed by atoms with Crippen molar-refractivity contribution >= 4 is 23.3 Å². The van der Waals surface area contributed by atoms with Crippen LogP contribution in [-0.2, 0) is 9.53 Å². The Morgan fingerprint density at radius 3 is 2.54 bits per heavy atom. The third-order valence-corrected chi connectivity index (χ3v) is 6.15. The first kappa shape index (κ1) is 19.2. The van der Waals surface area contributed by atoms with Gasteiger partial charge in [0.05, 0.1) is 6.04 Å². The van der Waals surface area contributed by atoms with Gasteiger partial charge in [0.15, 0.2) is 0 Å². The van der Waals surface area contributed by atoms with Crippen LogP contribution in [0.15, 0.2) is 17.5 Å². The summed E-state index contributed by atoms with van der Waals surface area (Å²) >= 11 is 1.74. The molecule has 0 aliphatic carbocycles. The molecular formula is C20H30N2O3S. The Labute approximate surface area is 160 Å². The van der Waals surface area contributed by atoms with Gasteiger partial charge in [-0.05, 0) is 63.8 Å². The SMILES string of the molecule is CC(C)(C)OC(=O)N1CCC(CC(=O)N2CCCC2c2cccs2)CC1. The lowest BCUT2D eigenvalue weighted by molar-refractivity contribution is -0.133. The molecule has 3 rings (SSSR count). The number of amides is 2. The minimum absolute atomic E-state index is 0.237. The molecule has 2 amide bonds. The lowest BCUT2D eigenvalue weighted by Crippen LogP contribution is -2.42. The van der Waals surface area contributed by atoms with Crippen molar-refractivity contribution in [2.45, 2.75) is 64.5 Å². The first-order valence-corrected chi connectivity index (χ1v) is 10.5. The van der Waals surface area contributed by atoms with E-state index < -0.39 is 5.60 Å². The van der Waals surface area contributed by atoms with Crippen molar-refractivity contribution in [3.05, 3.63) is 22.4 Å². The lowest BCUT2D eigenvalue weighted by atomic mass is 9.93. The van der Waals surface area contributed by atoms with E-state index >= 15 is 0 Å². The molecule has 0 aromatic carbocycles. The van der Waals surface area contributed by atoms with Gasteiger partial charge in [-0.1, -0.05) is 6.07 Å². The Bertz CT molecular complexity index is 616. The Hall–Kier alpha value is -1.56. The standard InChI is InChI=1S/C20H30N2O3S/c1-20(2,3)25-19(24)21-11-8-15(9-12-21)14-18(23)22-10-4-6-16(22)17-7-5-13-26-17/h5,7,13,15-16H,4,6,8-12,14H2,1-3H3. The van der Waals surface area contributed by atoms with Crippen LogP contribution in [0.4, 0.5) is 4.79 Å². The number of ether oxygens (including phenoxy) is 1. The molecule has 0 spiro atoms. The van der Waals surface area contributed by atoms with Gasteiger partial charge in [-0.25, -0.2) is 4.79 Å². The molecular weight excluding hydrogens is 348 g/mol. The van der Waals surface area contributed by atoms with Crippen LogP contribution in [0.2, 0.25) is 0 Å². The fraction of sp³-hybridized carbons (Fsp3) is 0.700. The monoisotopic (exact) mass is 378 g/mol. The highest BCUT2D eigenvalue weighted by Gasteiger charge is 2.33. The van der Waals surface area contributed by atoms with Gasteiger partial charge in [0.1, 0.15) is 5.60 Å². The number of thiophene rings is 1. The van der Waals surface area contributed by atoms with Gasteiger partial charge in [-0.15, -0.1) is 11.3 Å². The van der Waals surface area contributed by atoms with Crippen molar-refractivity contribution in [2.24, 2.45) is 5.92 Å². The van der Waals surface area contributed by atoms with E-state index in [0.29, 0.717) is 25.4 Å². The highest BCUT2D eigenvalue weighted by molar-refractivity contribution is 7.10. The van der Waals surface area contributed by atoms with Crippen LogP contribution in [0, 0.1) is 5.92 Å². The summed E-state index contributed by atoms with van der Waals surface area (Å²) in [5.74, 6) is 0.641. The average molecular weight is 379 g/mol.